The van der Waals surface area contributed by atoms with E-state index in [1.54, 1.807) is 23.7 Å². The molecule has 0 unspecified atom stereocenters. The quantitative estimate of drug-likeness (QED) is 0.647. The third-order valence-corrected chi connectivity index (χ3v) is 6.83. The maximum absolute atomic E-state index is 12.8. The van der Waals surface area contributed by atoms with Crippen molar-refractivity contribution in [1.82, 2.24) is 9.97 Å². The molecule has 146 valence electrons. The number of anilines is 2. The molecule has 28 heavy (non-hydrogen) atoms. The highest BCUT2D eigenvalue weighted by Crippen LogP contribution is 2.33. The number of amides is 1. The molecule has 0 bridgehead atoms. The van der Waals surface area contributed by atoms with Crippen LogP contribution < -0.4 is 10.2 Å². The van der Waals surface area contributed by atoms with Gasteiger partial charge in [0.2, 0.25) is 5.91 Å². The first-order valence-electron chi connectivity index (χ1n) is 9.60. The largest absolute Gasteiger partial charge is 0.355 e. The Morgan fingerprint density at radius 3 is 3.00 bits per heavy atom. The van der Waals surface area contributed by atoms with Crippen molar-refractivity contribution in [3.8, 4) is 0 Å². The number of benzene rings is 1. The number of carbonyl (C=O) groups excluding carboxylic acids is 1. The second-order valence-electron chi connectivity index (χ2n) is 7.22. The van der Waals surface area contributed by atoms with E-state index < -0.39 is 0 Å². The van der Waals surface area contributed by atoms with Crippen molar-refractivity contribution in [3.63, 3.8) is 0 Å². The van der Waals surface area contributed by atoms with Gasteiger partial charge in [0, 0.05) is 28.7 Å². The van der Waals surface area contributed by atoms with Gasteiger partial charge in [-0.05, 0) is 49.9 Å². The van der Waals surface area contributed by atoms with Crippen molar-refractivity contribution in [3.05, 3.63) is 46.1 Å². The third kappa shape index (κ3) is 3.84. The van der Waals surface area contributed by atoms with E-state index in [0.29, 0.717) is 11.6 Å². The summed E-state index contributed by atoms with van der Waals surface area (Å²) in [6.45, 7) is 5.67. The number of fused-ring (bicyclic) bond motifs is 1. The molecule has 5 nitrogen and oxygen atoms in total. The van der Waals surface area contributed by atoms with Gasteiger partial charge >= 0.3 is 0 Å². The molecular formula is C21H23ClN4OS. The Morgan fingerprint density at radius 2 is 2.21 bits per heavy atom. The first kappa shape index (κ1) is 19.2. The van der Waals surface area contributed by atoms with Gasteiger partial charge < -0.3 is 10.2 Å². The Kier molecular flexibility index (Phi) is 5.51. The fraction of sp³-hybridized carbons (Fsp3) is 0.381. The van der Waals surface area contributed by atoms with E-state index >= 15 is 0 Å². The van der Waals surface area contributed by atoms with Gasteiger partial charge in [0.15, 0.2) is 0 Å². The number of hydrogen-bond donors (Lipinski definition) is 1. The zero-order valence-corrected chi connectivity index (χ0v) is 17.6. The minimum Gasteiger partial charge on any atom is -0.355 e. The summed E-state index contributed by atoms with van der Waals surface area (Å²) in [5.41, 5.74) is 1.74. The van der Waals surface area contributed by atoms with Gasteiger partial charge in [-0.25, -0.2) is 9.97 Å². The Labute approximate surface area is 173 Å². The number of nitrogens with zero attached hydrogens (tertiary/aromatic N) is 3. The molecule has 2 aromatic heterocycles. The van der Waals surface area contributed by atoms with Crippen molar-refractivity contribution >= 4 is 50.6 Å². The van der Waals surface area contributed by atoms with Crippen molar-refractivity contribution in [1.29, 1.82) is 0 Å². The number of hydrogen-bond acceptors (Lipinski definition) is 5. The van der Waals surface area contributed by atoms with Crippen LogP contribution in [0.25, 0.3) is 10.2 Å². The number of nitrogens with one attached hydrogen (secondary N) is 1. The van der Waals surface area contributed by atoms with Crippen molar-refractivity contribution in [2.45, 2.75) is 33.1 Å². The second kappa shape index (κ2) is 8.05. The first-order chi connectivity index (χ1) is 13.5. The van der Waals surface area contributed by atoms with Gasteiger partial charge in [-0.1, -0.05) is 24.6 Å². The van der Waals surface area contributed by atoms with Gasteiger partial charge in [0.05, 0.1) is 11.3 Å². The summed E-state index contributed by atoms with van der Waals surface area (Å²) in [7, 11) is 0. The van der Waals surface area contributed by atoms with Crippen LogP contribution in [-0.2, 0) is 11.2 Å². The van der Waals surface area contributed by atoms with E-state index in [0.717, 1.165) is 53.1 Å². The summed E-state index contributed by atoms with van der Waals surface area (Å²) in [6.07, 6.45) is 4.46. The molecule has 1 atom stereocenters. The number of halogens is 1. The summed E-state index contributed by atoms with van der Waals surface area (Å²) in [5.74, 6) is 0.898. The maximum Gasteiger partial charge on any atom is 0.229 e. The normalized spacial score (nSPS) is 17.1. The summed E-state index contributed by atoms with van der Waals surface area (Å²) in [6, 6.07) is 7.81. The van der Waals surface area contributed by atoms with E-state index in [4.69, 9.17) is 11.6 Å². The molecule has 0 saturated carbocycles. The first-order valence-corrected chi connectivity index (χ1v) is 10.8. The molecule has 3 heterocycles. The van der Waals surface area contributed by atoms with E-state index in [1.165, 1.54) is 4.88 Å². The summed E-state index contributed by atoms with van der Waals surface area (Å²) < 4.78 is 0. The van der Waals surface area contributed by atoms with Crippen molar-refractivity contribution in [2.24, 2.45) is 5.92 Å². The molecule has 4 rings (SSSR count). The molecule has 1 aliphatic rings. The monoisotopic (exact) mass is 414 g/mol. The van der Waals surface area contributed by atoms with Crippen LogP contribution in [0.3, 0.4) is 0 Å². The number of thiophene rings is 1. The maximum atomic E-state index is 12.8. The molecule has 0 spiro atoms. The average Bonchev–Trinajstić information content (AvgIpc) is 3.14. The van der Waals surface area contributed by atoms with Crippen LogP contribution in [-0.4, -0.2) is 29.0 Å². The highest BCUT2D eigenvalue weighted by Gasteiger charge is 2.28. The van der Waals surface area contributed by atoms with Crippen LogP contribution in [0.15, 0.2) is 30.6 Å². The molecule has 0 aliphatic carbocycles. The highest BCUT2D eigenvalue weighted by atomic mass is 35.5. The number of aromatic nitrogens is 2. The lowest BCUT2D eigenvalue weighted by Gasteiger charge is -2.33. The Morgan fingerprint density at radius 1 is 1.36 bits per heavy atom. The van der Waals surface area contributed by atoms with Crippen LogP contribution in [0, 0.1) is 12.8 Å². The topological polar surface area (TPSA) is 58.1 Å². The average molecular weight is 415 g/mol. The molecule has 1 saturated heterocycles. The van der Waals surface area contributed by atoms with E-state index in [2.05, 4.69) is 33.2 Å². The lowest BCUT2D eigenvalue weighted by atomic mass is 9.96. The van der Waals surface area contributed by atoms with Crippen molar-refractivity contribution < 1.29 is 4.79 Å². The third-order valence-electron chi connectivity index (χ3n) is 5.24. The number of piperidine rings is 1. The molecule has 1 aliphatic heterocycles. The second-order valence-corrected chi connectivity index (χ2v) is 8.74. The minimum atomic E-state index is -0.0804. The zero-order valence-electron chi connectivity index (χ0n) is 16.0. The van der Waals surface area contributed by atoms with Gasteiger partial charge in [-0.2, -0.15) is 0 Å². The van der Waals surface area contributed by atoms with Gasteiger partial charge in [0.1, 0.15) is 17.0 Å². The van der Waals surface area contributed by atoms with Crippen LogP contribution in [0.5, 0.6) is 0 Å². The smallest absolute Gasteiger partial charge is 0.229 e. The lowest BCUT2D eigenvalue weighted by Crippen LogP contribution is -2.41. The Balaban J connectivity index is 1.52. The highest BCUT2D eigenvalue weighted by molar-refractivity contribution is 7.18. The zero-order chi connectivity index (χ0) is 19.7. The SMILES string of the molecule is CCc1cc2c(N3CCC[C@H](C(=O)Nc4ccc(C)c(Cl)c4)C3)ncnc2s1. The molecule has 1 N–H and O–H groups in total. The number of rotatable bonds is 4. The summed E-state index contributed by atoms with van der Waals surface area (Å²) >= 11 is 7.90. The number of carbonyl (C=O) groups is 1. The van der Waals surface area contributed by atoms with Gasteiger partial charge in [0.25, 0.3) is 0 Å². The molecule has 7 heteroatoms. The summed E-state index contributed by atoms with van der Waals surface area (Å²) in [4.78, 5) is 26.4. The Hall–Kier alpha value is -2.18. The molecule has 1 amide bonds. The van der Waals surface area contributed by atoms with E-state index in [9.17, 15) is 4.79 Å². The fourth-order valence-electron chi connectivity index (χ4n) is 3.62. The fourth-order valence-corrected chi connectivity index (χ4v) is 4.73. The van der Waals surface area contributed by atoms with Crippen LogP contribution in [0.2, 0.25) is 5.02 Å². The number of aryl methyl sites for hydroxylation is 2. The summed E-state index contributed by atoms with van der Waals surface area (Å²) in [5, 5.41) is 4.78. The molecule has 0 radical (unpaired) electrons. The molecule has 1 fully saturated rings. The predicted molar refractivity (Wildman–Crippen MR) is 117 cm³/mol. The Bertz CT molecular complexity index is 1020. The van der Waals surface area contributed by atoms with E-state index in [-0.39, 0.29) is 11.8 Å². The standard InChI is InChI=1S/C21H23ClN4OS/c1-3-16-10-17-19(23-12-24-21(17)28-16)26-8-4-5-14(11-26)20(27)25-15-7-6-13(2)18(22)9-15/h6-7,9-10,12,14H,3-5,8,11H2,1-2H3,(H,25,27)/t14-/m0/s1. The molecule has 1 aromatic carbocycles. The van der Waals surface area contributed by atoms with Crippen LogP contribution in [0.4, 0.5) is 11.5 Å². The molecular weight excluding hydrogens is 392 g/mol. The van der Waals surface area contributed by atoms with E-state index in [1.807, 2.05) is 19.1 Å². The van der Waals surface area contributed by atoms with Gasteiger partial charge in [-0.15, -0.1) is 11.3 Å². The van der Waals surface area contributed by atoms with Crippen LogP contribution in [0.1, 0.15) is 30.2 Å². The lowest BCUT2D eigenvalue weighted by molar-refractivity contribution is -0.120. The predicted octanol–water partition coefficient (Wildman–Crippen LogP) is 5.07. The molecule has 3 aromatic rings. The minimum absolute atomic E-state index is 0.0366. The van der Waals surface area contributed by atoms with Gasteiger partial charge in [-0.3, -0.25) is 4.79 Å². The van der Waals surface area contributed by atoms with Crippen molar-refractivity contribution in [2.75, 3.05) is 23.3 Å². The van der Waals surface area contributed by atoms with Crippen LogP contribution >= 0.6 is 22.9 Å².